The fraction of sp³-hybridized carbons (Fsp3) is 0.714. The van der Waals surface area contributed by atoms with E-state index in [1.807, 2.05) is 0 Å². The van der Waals surface area contributed by atoms with Gasteiger partial charge in [0, 0.05) is 19.1 Å². The highest BCUT2D eigenvalue weighted by atomic mass is 32.1. The number of likely N-dealkylation sites (tertiary alicyclic amines) is 1. The van der Waals surface area contributed by atoms with Crippen LogP contribution < -0.4 is 5.73 Å². The van der Waals surface area contributed by atoms with Crippen molar-refractivity contribution in [3.05, 3.63) is 22.4 Å². The molecule has 0 aliphatic carbocycles. The highest BCUT2D eigenvalue weighted by molar-refractivity contribution is 7.07. The van der Waals surface area contributed by atoms with E-state index in [0.717, 1.165) is 12.5 Å². The van der Waals surface area contributed by atoms with Crippen molar-refractivity contribution in [2.75, 3.05) is 33.7 Å². The topological polar surface area (TPSA) is 32.5 Å². The Morgan fingerprint density at radius 1 is 1.61 bits per heavy atom. The quantitative estimate of drug-likeness (QED) is 0.886. The average molecular weight is 267 g/mol. The van der Waals surface area contributed by atoms with E-state index in [9.17, 15) is 0 Å². The molecule has 1 aromatic rings. The molecule has 2 rings (SSSR count). The van der Waals surface area contributed by atoms with Crippen LogP contribution in [0.5, 0.6) is 0 Å². The van der Waals surface area contributed by atoms with Crippen molar-refractivity contribution in [1.29, 1.82) is 0 Å². The summed E-state index contributed by atoms with van der Waals surface area (Å²) in [6, 6.07) is 2.72. The van der Waals surface area contributed by atoms with E-state index >= 15 is 0 Å². The molecule has 4 heteroatoms. The van der Waals surface area contributed by atoms with Gasteiger partial charge in [0.2, 0.25) is 0 Å². The first kappa shape index (κ1) is 14.0. The number of rotatable bonds is 5. The Labute approximate surface area is 115 Å². The number of thiophene rings is 1. The summed E-state index contributed by atoms with van der Waals surface area (Å²) in [6.07, 6.45) is 1.32. The Balaban J connectivity index is 1.98. The fourth-order valence-electron chi connectivity index (χ4n) is 3.10. The van der Waals surface area contributed by atoms with Crippen molar-refractivity contribution in [3.63, 3.8) is 0 Å². The number of nitrogens with zero attached hydrogens (tertiary/aromatic N) is 2. The average Bonchev–Trinajstić information content (AvgIpc) is 2.90. The van der Waals surface area contributed by atoms with Gasteiger partial charge in [0.1, 0.15) is 0 Å². The van der Waals surface area contributed by atoms with Crippen LogP contribution in [0.1, 0.15) is 24.9 Å². The van der Waals surface area contributed by atoms with E-state index < -0.39 is 0 Å². The van der Waals surface area contributed by atoms with Gasteiger partial charge in [-0.15, -0.1) is 0 Å². The predicted molar refractivity (Wildman–Crippen MR) is 78.9 cm³/mol. The van der Waals surface area contributed by atoms with Crippen LogP contribution in [-0.2, 0) is 0 Å². The molecule has 0 aromatic carbocycles. The Morgan fingerprint density at radius 3 is 2.89 bits per heavy atom. The van der Waals surface area contributed by atoms with E-state index in [0.29, 0.717) is 6.04 Å². The lowest BCUT2D eigenvalue weighted by atomic mass is 10.0. The van der Waals surface area contributed by atoms with Crippen LogP contribution in [0.3, 0.4) is 0 Å². The highest BCUT2D eigenvalue weighted by Gasteiger charge is 2.26. The molecule has 0 radical (unpaired) electrons. The lowest BCUT2D eigenvalue weighted by molar-refractivity contribution is 0.188. The lowest BCUT2D eigenvalue weighted by Crippen LogP contribution is -2.39. The van der Waals surface area contributed by atoms with Crippen molar-refractivity contribution < 1.29 is 0 Å². The van der Waals surface area contributed by atoms with Crippen molar-refractivity contribution in [1.82, 2.24) is 9.80 Å². The Kier molecular flexibility index (Phi) is 4.78. The third-order valence-corrected chi connectivity index (χ3v) is 4.59. The van der Waals surface area contributed by atoms with Crippen LogP contribution in [0.4, 0.5) is 0 Å². The van der Waals surface area contributed by atoms with Gasteiger partial charge < -0.3 is 10.6 Å². The van der Waals surface area contributed by atoms with Gasteiger partial charge in [-0.3, -0.25) is 4.90 Å². The molecule has 0 saturated carbocycles. The van der Waals surface area contributed by atoms with Gasteiger partial charge >= 0.3 is 0 Å². The van der Waals surface area contributed by atoms with Crippen molar-refractivity contribution in [3.8, 4) is 0 Å². The van der Waals surface area contributed by atoms with Gasteiger partial charge in [-0.05, 0) is 62.3 Å². The standard InChI is InChI=1S/C14H25N3S/c1-11(15)14(13-5-7-18-10-13)17(3)9-12-4-6-16(2)8-12/h5,7,10-12,14H,4,6,8-9,15H2,1-3H3. The van der Waals surface area contributed by atoms with Crippen LogP contribution in [0.2, 0.25) is 0 Å². The molecule has 0 amide bonds. The number of likely N-dealkylation sites (N-methyl/N-ethyl adjacent to an activating group) is 1. The van der Waals surface area contributed by atoms with Crippen LogP contribution in [-0.4, -0.2) is 49.6 Å². The third-order valence-electron chi connectivity index (χ3n) is 3.89. The first-order chi connectivity index (χ1) is 8.58. The maximum atomic E-state index is 6.18. The molecule has 3 nitrogen and oxygen atoms in total. The zero-order valence-electron chi connectivity index (χ0n) is 11.7. The molecule has 2 N–H and O–H groups in total. The van der Waals surface area contributed by atoms with Crippen LogP contribution in [0.25, 0.3) is 0 Å². The van der Waals surface area contributed by atoms with Crippen molar-refractivity contribution in [2.45, 2.75) is 25.4 Å². The van der Waals surface area contributed by atoms with E-state index in [1.54, 1.807) is 11.3 Å². The molecule has 102 valence electrons. The number of hydrogen-bond acceptors (Lipinski definition) is 4. The van der Waals surface area contributed by atoms with E-state index in [4.69, 9.17) is 5.73 Å². The molecule has 0 spiro atoms. The molecule has 1 aliphatic heterocycles. The molecule has 18 heavy (non-hydrogen) atoms. The normalized spacial score (nSPS) is 24.6. The fourth-order valence-corrected chi connectivity index (χ4v) is 3.79. The molecule has 0 bridgehead atoms. The second kappa shape index (κ2) is 6.15. The summed E-state index contributed by atoms with van der Waals surface area (Å²) in [5.41, 5.74) is 7.55. The number of hydrogen-bond donors (Lipinski definition) is 1. The van der Waals surface area contributed by atoms with E-state index in [1.165, 1.54) is 25.1 Å². The van der Waals surface area contributed by atoms with Crippen LogP contribution in [0, 0.1) is 5.92 Å². The monoisotopic (exact) mass is 267 g/mol. The van der Waals surface area contributed by atoms with Crippen LogP contribution in [0.15, 0.2) is 16.8 Å². The third kappa shape index (κ3) is 3.32. The largest absolute Gasteiger partial charge is 0.326 e. The van der Waals surface area contributed by atoms with Gasteiger partial charge in [0.05, 0.1) is 6.04 Å². The summed E-state index contributed by atoms with van der Waals surface area (Å²) in [7, 11) is 4.42. The second-order valence-corrected chi connectivity index (χ2v) is 6.50. The molecular formula is C14H25N3S. The molecule has 3 atom stereocenters. The SMILES string of the molecule is CC(N)C(c1ccsc1)N(C)CC1CCN(C)C1. The van der Waals surface area contributed by atoms with E-state index in [-0.39, 0.29) is 6.04 Å². The van der Waals surface area contributed by atoms with Gasteiger partial charge in [0.25, 0.3) is 0 Å². The Hall–Kier alpha value is -0.420. The zero-order valence-corrected chi connectivity index (χ0v) is 12.5. The van der Waals surface area contributed by atoms with E-state index in [2.05, 4.69) is 47.6 Å². The molecule has 3 unspecified atom stereocenters. The number of nitrogens with two attached hydrogens (primary N) is 1. The predicted octanol–water partition coefficient (Wildman–Crippen LogP) is 2.02. The lowest BCUT2D eigenvalue weighted by Gasteiger charge is -2.32. The van der Waals surface area contributed by atoms with Gasteiger partial charge in [-0.25, -0.2) is 0 Å². The summed E-state index contributed by atoms with van der Waals surface area (Å²) < 4.78 is 0. The molecule has 2 heterocycles. The smallest absolute Gasteiger partial charge is 0.0501 e. The first-order valence-corrected chi connectivity index (χ1v) is 7.68. The minimum Gasteiger partial charge on any atom is -0.326 e. The highest BCUT2D eigenvalue weighted by Crippen LogP contribution is 2.26. The molecule has 1 fully saturated rings. The van der Waals surface area contributed by atoms with Gasteiger partial charge in [0.15, 0.2) is 0 Å². The minimum absolute atomic E-state index is 0.170. The zero-order chi connectivity index (χ0) is 13.1. The van der Waals surface area contributed by atoms with Gasteiger partial charge in [-0.1, -0.05) is 0 Å². The molecular weight excluding hydrogens is 242 g/mol. The van der Waals surface area contributed by atoms with Crippen LogP contribution >= 0.6 is 11.3 Å². The first-order valence-electron chi connectivity index (χ1n) is 6.74. The summed E-state index contributed by atoms with van der Waals surface area (Å²) in [4.78, 5) is 4.86. The van der Waals surface area contributed by atoms with Crippen molar-refractivity contribution in [2.24, 2.45) is 11.7 Å². The minimum atomic E-state index is 0.170. The Morgan fingerprint density at radius 2 is 2.39 bits per heavy atom. The molecule has 1 aliphatic rings. The maximum absolute atomic E-state index is 6.18. The van der Waals surface area contributed by atoms with Gasteiger partial charge in [-0.2, -0.15) is 11.3 Å². The molecule has 1 saturated heterocycles. The summed E-state index contributed by atoms with van der Waals surface area (Å²) >= 11 is 1.76. The summed E-state index contributed by atoms with van der Waals surface area (Å²) in [6.45, 7) is 5.71. The second-order valence-electron chi connectivity index (χ2n) is 5.72. The maximum Gasteiger partial charge on any atom is 0.0501 e. The van der Waals surface area contributed by atoms with Crippen molar-refractivity contribution >= 4 is 11.3 Å². The molecule has 1 aromatic heterocycles. The summed E-state index contributed by atoms with van der Waals surface area (Å²) in [5.74, 6) is 0.792. The summed E-state index contributed by atoms with van der Waals surface area (Å²) in [5, 5.41) is 4.37. The Bertz CT molecular complexity index is 350.